The van der Waals surface area contributed by atoms with Gasteiger partial charge in [-0.2, -0.15) is 0 Å². The van der Waals surface area contributed by atoms with Crippen LogP contribution in [0.2, 0.25) is 0 Å². The molecule has 0 aliphatic carbocycles. The summed E-state index contributed by atoms with van der Waals surface area (Å²) in [4.78, 5) is 10.1. The number of benzene rings is 1. The summed E-state index contributed by atoms with van der Waals surface area (Å²) in [6, 6.07) is 8.15. The maximum absolute atomic E-state index is 10.1. The van der Waals surface area contributed by atoms with Crippen molar-refractivity contribution in [2.45, 2.75) is 13.0 Å². The molecule has 1 aromatic carbocycles. The van der Waals surface area contributed by atoms with Gasteiger partial charge in [-0.15, -0.1) is 0 Å². The summed E-state index contributed by atoms with van der Waals surface area (Å²) >= 11 is 4.40. The summed E-state index contributed by atoms with van der Waals surface area (Å²) in [5.74, 6) is 0. The Hall–Kier alpha value is -1.69. The summed E-state index contributed by atoms with van der Waals surface area (Å²) in [6.07, 6.45) is 0.597. The number of nitrogens with zero attached hydrogens (tertiary/aromatic N) is 1. The van der Waals surface area contributed by atoms with Crippen molar-refractivity contribution < 1.29 is 9.37 Å². The van der Waals surface area contributed by atoms with Gasteiger partial charge in [-0.05, 0) is 31.2 Å². The van der Waals surface area contributed by atoms with Crippen LogP contribution in [0.5, 0.6) is 0 Å². The van der Waals surface area contributed by atoms with Crippen molar-refractivity contribution in [2.75, 3.05) is 12.0 Å². The first-order valence-corrected chi connectivity index (χ1v) is 5.80. The molecule has 5 nitrogen and oxygen atoms in total. The fourth-order valence-corrected chi connectivity index (χ4v) is 2.19. The van der Waals surface area contributed by atoms with Gasteiger partial charge in [-0.25, -0.2) is 4.58 Å². The molecule has 1 atom stereocenters. The molecule has 90 valence electrons. The maximum Gasteiger partial charge on any atom is 0.308 e. The third kappa shape index (κ3) is 2.71. The smallest absolute Gasteiger partial charge is 0.299 e. The van der Waals surface area contributed by atoms with Gasteiger partial charge in [0.15, 0.2) is 0 Å². The number of rotatable bonds is 4. The lowest BCUT2D eigenvalue weighted by molar-refractivity contribution is -0.429. The van der Waals surface area contributed by atoms with E-state index in [2.05, 4.69) is 40.3 Å². The number of anilines is 1. The second-order valence-electron chi connectivity index (χ2n) is 3.91. The summed E-state index contributed by atoms with van der Waals surface area (Å²) < 4.78 is 2.10. The van der Waals surface area contributed by atoms with E-state index in [0.29, 0.717) is 12.5 Å². The summed E-state index contributed by atoms with van der Waals surface area (Å²) in [5, 5.41) is 4.11. The Morgan fingerprint density at radius 3 is 2.71 bits per heavy atom. The Labute approximate surface area is 105 Å². The average Bonchev–Trinajstić information content (AvgIpc) is 2.66. The van der Waals surface area contributed by atoms with E-state index >= 15 is 0 Å². The van der Waals surface area contributed by atoms with Crippen LogP contribution < -0.4 is 16.2 Å². The highest BCUT2D eigenvalue weighted by atomic mass is 32.1. The number of nitrogens with one attached hydrogen (secondary N) is 3. The highest BCUT2D eigenvalue weighted by molar-refractivity contribution is 7.96. The van der Waals surface area contributed by atoms with Crippen molar-refractivity contribution in [3.63, 3.8) is 0 Å². The minimum atomic E-state index is 0.400. The van der Waals surface area contributed by atoms with Gasteiger partial charge in [0.25, 0.3) is 0 Å². The standard InChI is InChI=1S/C11H14N4OS/c1-8-6-15(11(17)13-8)10-4-2-9(3-5-10)14-12-7-16/h2-5,7-8,14H,6H2,1H3,(H2,12,13,16,17)/p+1. The fraction of sp³-hybridized carbons (Fsp3) is 0.273. The zero-order chi connectivity index (χ0) is 12.3. The van der Waals surface area contributed by atoms with Crippen LogP contribution in [0.4, 0.5) is 11.4 Å². The largest absolute Gasteiger partial charge is 0.308 e. The zero-order valence-corrected chi connectivity index (χ0v) is 10.4. The van der Waals surface area contributed by atoms with E-state index in [9.17, 15) is 4.79 Å². The first-order chi connectivity index (χ1) is 8.20. The molecule has 1 aliphatic rings. The molecule has 0 fully saturated rings. The van der Waals surface area contributed by atoms with E-state index in [0.717, 1.165) is 23.1 Å². The third-order valence-corrected chi connectivity index (χ3v) is 2.91. The number of hydrogen-bond donors (Lipinski definition) is 4. The lowest BCUT2D eigenvalue weighted by atomic mass is 10.2. The highest BCUT2D eigenvalue weighted by Crippen LogP contribution is 2.18. The van der Waals surface area contributed by atoms with Crippen LogP contribution in [0, 0.1) is 0 Å². The molecule has 1 unspecified atom stereocenters. The van der Waals surface area contributed by atoms with Crippen molar-refractivity contribution in [3.05, 3.63) is 24.3 Å². The van der Waals surface area contributed by atoms with Crippen LogP contribution in [0.15, 0.2) is 24.3 Å². The first kappa shape index (κ1) is 11.8. The summed E-state index contributed by atoms with van der Waals surface area (Å²) in [5.41, 5.74) is 7.05. The average molecular weight is 251 g/mol. The fourth-order valence-electron chi connectivity index (χ4n) is 1.77. The molecular formula is C11H15N4OS+. The van der Waals surface area contributed by atoms with E-state index in [1.807, 2.05) is 24.3 Å². The van der Waals surface area contributed by atoms with Crippen LogP contribution in [0.25, 0.3) is 0 Å². The lowest BCUT2D eigenvalue weighted by Gasteiger charge is -2.05. The Balaban J connectivity index is 2.13. The predicted octanol–water partition coefficient (Wildman–Crippen LogP) is 0.681. The second-order valence-corrected chi connectivity index (χ2v) is 4.34. The van der Waals surface area contributed by atoms with Gasteiger partial charge in [0.2, 0.25) is 6.41 Å². The third-order valence-electron chi connectivity index (χ3n) is 2.54. The Bertz CT molecular complexity index is 443. The number of carbonyl (C=O) groups excluding carboxylic acids is 1. The van der Waals surface area contributed by atoms with Crippen LogP contribution in [0.1, 0.15) is 6.92 Å². The number of amidine groups is 1. The monoisotopic (exact) mass is 251 g/mol. The minimum Gasteiger partial charge on any atom is -0.299 e. The van der Waals surface area contributed by atoms with Gasteiger partial charge >= 0.3 is 5.17 Å². The summed E-state index contributed by atoms with van der Waals surface area (Å²) in [7, 11) is 0. The topological polar surface area (TPSA) is 56.2 Å². The molecule has 1 amide bonds. The molecule has 0 spiro atoms. The van der Waals surface area contributed by atoms with Crippen molar-refractivity contribution >= 4 is 35.6 Å². The van der Waals surface area contributed by atoms with E-state index < -0.39 is 0 Å². The van der Waals surface area contributed by atoms with Crippen LogP contribution in [-0.4, -0.2) is 28.7 Å². The SMILES string of the molecule is CC1C[N+](c2ccc(NNC=O)cc2)=C(S)N1. The molecule has 1 heterocycles. The molecule has 1 aliphatic heterocycles. The quantitative estimate of drug-likeness (QED) is 0.275. The van der Waals surface area contributed by atoms with Crippen LogP contribution in [-0.2, 0) is 4.79 Å². The maximum atomic E-state index is 10.1. The van der Waals surface area contributed by atoms with Crippen molar-refractivity contribution in [3.8, 4) is 0 Å². The van der Waals surface area contributed by atoms with Crippen molar-refractivity contribution in [1.82, 2.24) is 10.7 Å². The van der Waals surface area contributed by atoms with E-state index in [-0.39, 0.29) is 0 Å². The van der Waals surface area contributed by atoms with Gasteiger partial charge in [-0.3, -0.25) is 21.0 Å². The molecule has 0 saturated heterocycles. The molecule has 1 aromatic rings. The van der Waals surface area contributed by atoms with Crippen molar-refractivity contribution in [1.29, 1.82) is 0 Å². The molecular weight excluding hydrogens is 236 g/mol. The molecule has 17 heavy (non-hydrogen) atoms. The normalized spacial score (nSPS) is 18.8. The van der Waals surface area contributed by atoms with E-state index in [4.69, 9.17) is 0 Å². The van der Waals surface area contributed by atoms with Gasteiger partial charge < -0.3 is 0 Å². The lowest BCUT2D eigenvalue weighted by Crippen LogP contribution is -2.23. The molecule has 0 radical (unpaired) electrons. The summed E-state index contributed by atoms with van der Waals surface area (Å²) in [6.45, 7) is 3.01. The van der Waals surface area contributed by atoms with Gasteiger partial charge in [0.1, 0.15) is 18.3 Å². The molecule has 0 saturated carbocycles. The minimum absolute atomic E-state index is 0.400. The molecule has 0 bridgehead atoms. The van der Waals surface area contributed by atoms with Gasteiger partial charge in [0, 0.05) is 0 Å². The van der Waals surface area contributed by atoms with Gasteiger partial charge in [-0.1, -0.05) is 12.6 Å². The number of amides is 1. The molecule has 0 aromatic heterocycles. The molecule has 3 N–H and O–H groups in total. The number of hydrogen-bond acceptors (Lipinski definition) is 3. The second kappa shape index (κ2) is 5.09. The molecule has 2 rings (SSSR count). The van der Waals surface area contributed by atoms with E-state index in [1.165, 1.54) is 0 Å². The first-order valence-electron chi connectivity index (χ1n) is 5.36. The van der Waals surface area contributed by atoms with Crippen molar-refractivity contribution in [2.24, 2.45) is 0 Å². The Kier molecular flexibility index (Phi) is 3.53. The number of hydrazine groups is 1. The van der Waals surface area contributed by atoms with Crippen LogP contribution in [0.3, 0.4) is 0 Å². The zero-order valence-electron chi connectivity index (χ0n) is 9.47. The number of thiol groups is 1. The highest BCUT2D eigenvalue weighted by Gasteiger charge is 2.25. The molecule has 6 heteroatoms. The van der Waals surface area contributed by atoms with Gasteiger partial charge in [0.05, 0.1) is 5.69 Å². The van der Waals surface area contributed by atoms with Crippen LogP contribution >= 0.6 is 12.6 Å². The van der Waals surface area contributed by atoms with E-state index in [1.54, 1.807) is 0 Å². The Morgan fingerprint density at radius 1 is 1.47 bits per heavy atom. The predicted molar refractivity (Wildman–Crippen MR) is 70.6 cm³/mol. The number of carbonyl (C=O) groups is 1. The Morgan fingerprint density at radius 2 is 2.18 bits per heavy atom.